The molecule has 2 aromatic heterocycles. The van der Waals surface area contributed by atoms with Crippen molar-refractivity contribution in [2.45, 2.75) is 24.3 Å². The average Bonchev–Trinajstić information content (AvgIpc) is 3.50. The zero-order valence-electron chi connectivity index (χ0n) is 16.0. The summed E-state index contributed by atoms with van der Waals surface area (Å²) < 4.78 is 11.9. The molecular weight excluding hydrogens is 402 g/mol. The molecule has 3 N–H and O–H groups in total. The molecule has 2 saturated heterocycles. The molecule has 0 saturated carbocycles. The van der Waals surface area contributed by atoms with Crippen LogP contribution in [-0.2, 0) is 9.47 Å². The van der Waals surface area contributed by atoms with E-state index in [2.05, 4.69) is 25.9 Å². The van der Waals surface area contributed by atoms with Crippen LogP contribution in [0.1, 0.15) is 0 Å². The molecule has 4 atom stereocenters. The van der Waals surface area contributed by atoms with E-state index in [9.17, 15) is 4.79 Å². The van der Waals surface area contributed by atoms with E-state index in [1.807, 2.05) is 53.9 Å². The van der Waals surface area contributed by atoms with E-state index < -0.39 is 0 Å². The Bertz CT molecular complexity index is 1000. The molecule has 3 aromatic rings. The van der Waals surface area contributed by atoms with Crippen LogP contribution in [-0.4, -0.2) is 53.5 Å². The molecule has 0 bridgehead atoms. The molecule has 0 aliphatic carbocycles. The number of fused-ring (bicyclic) bond motifs is 1. The molecular formula is C21H21N5O3S. The molecule has 9 heteroatoms. The third-order valence-electron chi connectivity index (χ3n) is 5.15. The molecule has 0 radical (unpaired) electrons. The molecule has 0 spiro atoms. The highest BCUT2D eigenvalue weighted by atomic mass is 32.1. The molecule has 5 rings (SSSR count). The van der Waals surface area contributed by atoms with Crippen LogP contribution >= 0.6 is 11.3 Å². The first-order valence-corrected chi connectivity index (χ1v) is 10.6. The Morgan fingerprint density at radius 2 is 1.80 bits per heavy atom. The number of carbonyl (C=O) groups is 1. The second-order valence-corrected chi connectivity index (χ2v) is 8.11. The molecule has 154 valence electrons. The fourth-order valence-corrected chi connectivity index (χ4v) is 4.45. The van der Waals surface area contributed by atoms with Crippen LogP contribution in [0.25, 0.3) is 10.6 Å². The van der Waals surface area contributed by atoms with E-state index in [-0.39, 0.29) is 30.3 Å². The first kappa shape index (κ1) is 19.0. The summed E-state index contributed by atoms with van der Waals surface area (Å²) >= 11 is 1.64. The largest absolute Gasteiger partial charge is 0.371 e. The Hall–Kier alpha value is -3.01. The highest BCUT2D eigenvalue weighted by molar-refractivity contribution is 7.13. The van der Waals surface area contributed by atoms with Crippen molar-refractivity contribution >= 4 is 29.0 Å². The minimum Gasteiger partial charge on any atom is -0.371 e. The number of amides is 2. The molecule has 0 unspecified atom stereocenters. The Morgan fingerprint density at radius 1 is 1.00 bits per heavy atom. The first-order valence-electron chi connectivity index (χ1n) is 9.75. The van der Waals surface area contributed by atoms with E-state index in [0.29, 0.717) is 19.2 Å². The number of nitrogens with one attached hydrogen (secondary N) is 3. The molecule has 2 amide bonds. The number of ether oxygens (including phenoxy) is 2. The van der Waals surface area contributed by atoms with Crippen molar-refractivity contribution in [3.8, 4) is 10.6 Å². The van der Waals surface area contributed by atoms with Crippen molar-refractivity contribution in [1.82, 2.24) is 15.3 Å². The molecule has 8 nitrogen and oxygen atoms in total. The predicted octanol–water partition coefficient (Wildman–Crippen LogP) is 2.97. The fraction of sp³-hybridized carbons (Fsp3) is 0.286. The second-order valence-electron chi connectivity index (χ2n) is 7.16. The molecule has 1 aromatic carbocycles. The number of hydrogen-bond acceptors (Lipinski definition) is 7. The van der Waals surface area contributed by atoms with Crippen molar-refractivity contribution in [3.05, 3.63) is 60.1 Å². The van der Waals surface area contributed by atoms with Gasteiger partial charge in [-0.05, 0) is 29.6 Å². The molecule has 2 fully saturated rings. The maximum absolute atomic E-state index is 12.3. The number of para-hydroxylation sites is 1. The third-order valence-corrected chi connectivity index (χ3v) is 6.04. The number of nitrogens with zero attached hydrogens (tertiary/aromatic N) is 2. The van der Waals surface area contributed by atoms with E-state index in [1.165, 1.54) is 0 Å². The number of thiophene rings is 1. The van der Waals surface area contributed by atoms with Crippen LogP contribution in [0.2, 0.25) is 0 Å². The van der Waals surface area contributed by atoms with Gasteiger partial charge in [-0.15, -0.1) is 11.3 Å². The fourth-order valence-electron chi connectivity index (χ4n) is 3.76. The van der Waals surface area contributed by atoms with E-state index in [1.54, 1.807) is 17.5 Å². The summed E-state index contributed by atoms with van der Waals surface area (Å²) in [5.74, 6) is 0.539. The Kier molecular flexibility index (Phi) is 5.31. The second kappa shape index (κ2) is 8.39. The lowest BCUT2D eigenvalue weighted by molar-refractivity contribution is 0.0683. The summed E-state index contributed by atoms with van der Waals surface area (Å²) in [5.41, 5.74) is 1.61. The number of rotatable bonds is 5. The lowest BCUT2D eigenvalue weighted by Crippen LogP contribution is -2.46. The average molecular weight is 423 g/mol. The number of carbonyl (C=O) groups excluding carboxylic acids is 1. The van der Waals surface area contributed by atoms with Crippen molar-refractivity contribution in [3.63, 3.8) is 0 Å². The van der Waals surface area contributed by atoms with Crippen LogP contribution in [0.4, 0.5) is 16.4 Å². The maximum Gasteiger partial charge on any atom is 0.319 e. The standard InChI is InChI=1S/C21H21N5O3S/c27-21(23-13-5-2-1-3-6-13)26-16-12-29-18-15(11-28-19(16)18)25-20-22-9-8-14(24-20)17-7-4-10-30-17/h1-10,15-16,18-19H,11-12H2,(H,22,24,25)(H2,23,26,27)/t15-,16+,18-,19+/m0/s1. The zero-order chi connectivity index (χ0) is 20.3. The van der Waals surface area contributed by atoms with Gasteiger partial charge in [0.15, 0.2) is 0 Å². The summed E-state index contributed by atoms with van der Waals surface area (Å²) in [6.07, 6.45) is 1.34. The van der Waals surface area contributed by atoms with Gasteiger partial charge in [0.25, 0.3) is 0 Å². The van der Waals surface area contributed by atoms with Gasteiger partial charge in [-0.3, -0.25) is 0 Å². The molecule has 30 heavy (non-hydrogen) atoms. The van der Waals surface area contributed by atoms with Gasteiger partial charge >= 0.3 is 6.03 Å². The van der Waals surface area contributed by atoms with E-state index in [0.717, 1.165) is 16.3 Å². The Labute approximate surface area is 177 Å². The SMILES string of the molecule is O=C(Nc1ccccc1)N[C@@H]1CO[C@@H]2[C@@H]1OC[C@@H]2Nc1nccc(-c2cccs2)n1. The topological polar surface area (TPSA) is 97.4 Å². The quantitative estimate of drug-likeness (QED) is 0.584. The van der Waals surface area contributed by atoms with Gasteiger partial charge in [-0.25, -0.2) is 14.8 Å². The van der Waals surface area contributed by atoms with Crippen molar-refractivity contribution < 1.29 is 14.3 Å². The lowest BCUT2D eigenvalue weighted by atomic mass is 10.1. The van der Waals surface area contributed by atoms with Crippen molar-refractivity contribution in [2.75, 3.05) is 23.8 Å². The van der Waals surface area contributed by atoms with Crippen molar-refractivity contribution in [1.29, 1.82) is 0 Å². The van der Waals surface area contributed by atoms with Crippen LogP contribution in [0.15, 0.2) is 60.1 Å². The summed E-state index contributed by atoms with van der Waals surface area (Å²) in [7, 11) is 0. The number of benzene rings is 1. The summed E-state index contributed by atoms with van der Waals surface area (Å²) in [6, 6.07) is 14.7. The Balaban J connectivity index is 1.20. The number of anilines is 2. The highest BCUT2D eigenvalue weighted by Crippen LogP contribution is 2.29. The first-order chi connectivity index (χ1) is 14.8. The minimum absolute atomic E-state index is 0.0856. The third kappa shape index (κ3) is 4.00. The van der Waals surface area contributed by atoms with Gasteiger partial charge in [-0.2, -0.15) is 0 Å². The van der Waals surface area contributed by atoms with Gasteiger partial charge in [0, 0.05) is 11.9 Å². The van der Waals surface area contributed by atoms with Gasteiger partial charge in [-0.1, -0.05) is 24.3 Å². The van der Waals surface area contributed by atoms with E-state index in [4.69, 9.17) is 9.47 Å². The van der Waals surface area contributed by atoms with Gasteiger partial charge < -0.3 is 25.4 Å². The number of urea groups is 1. The minimum atomic E-state index is -0.276. The zero-order valence-corrected chi connectivity index (χ0v) is 16.8. The highest BCUT2D eigenvalue weighted by Gasteiger charge is 2.48. The van der Waals surface area contributed by atoms with Crippen LogP contribution in [0, 0.1) is 0 Å². The maximum atomic E-state index is 12.3. The van der Waals surface area contributed by atoms with Crippen LogP contribution in [0.5, 0.6) is 0 Å². The van der Waals surface area contributed by atoms with Crippen LogP contribution < -0.4 is 16.0 Å². The summed E-state index contributed by atoms with van der Waals surface area (Å²) in [6.45, 7) is 0.853. The molecule has 2 aliphatic heterocycles. The van der Waals surface area contributed by atoms with Gasteiger partial charge in [0.1, 0.15) is 12.2 Å². The van der Waals surface area contributed by atoms with Crippen molar-refractivity contribution in [2.24, 2.45) is 0 Å². The number of hydrogen-bond donors (Lipinski definition) is 3. The number of aromatic nitrogens is 2. The van der Waals surface area contributed by atoms with Crippen LogP contribution in [0.3, 0.4) is 0 Å². The van der Waals surface area contributed by atoms with Gasteiger partial charge in [0.05, 0.1) is 35.9 Å². The summed E-state index contributed by atoms with van der Waals surface area (Å²) in [4.78, 5) is 22.3. The molecule has 4 heterocycles. The smallest absolute Gasteiger partial charge is 0.319 e. The normalized spacial score (nSPS) is 24.9. The van der Waals surface area contributed by atoms with E-state index >= 15 is 0 Å². The lowest BCUT2D eigenvalue weighted by Gasteiger charge is -2.18. The Morgan fingerprint density at radius 3 is 2.60 bits per heavy atom. The molecule has 2 aliphatic rings. The van der Waals surface area contributed by atoms with Gasteiger partial charge in [0.2, 0.25) is 5.95 Å². The summed E-state index contributed by atoms with van der Waals surface area (Å²) in [5, 5.41) is 11.1. The monoisotopic (exact) mass is 423 g/mol. The predicted molar refractivity (Wildman–Crippen MR) is 115 cm³/mol.